The summed E-state index contributed by atoms with van der Waals surface area (Å²) in [6.45, 7) is 0. The van der Waals surface area contributed by atoms with E-state index in [0.717, 1.165) is 22.1 Å². The molecule has 2 rings (SSSR count). The minimum Gasteiger partial charge on any atom is -0.335 e. The Balaban J connectivity index is 1.82. The second-order valence-corrected chi connectivity index (χ2v) is 7.70. The largest absolute Gasteiger partial charge is 0.335 e. The van der Waals surface area contributed by atoms with E-state index in [-0.39, 0.29) is 6.03 Å². The molecule has 1 aromatic rings. The van der Waals surface area contributed by atoms with Crippen LogP contribution in [0.2, 0.25) is 0 Å². The van der Waals surface area contributed by atoms with E-state index in [1.165, 1.54) is 57.8 Å². The van der Waals surface area contributed by atoms with Crippen LogP contribution in [0.1, 0.15) is 70.6 Å². The molecule has 2 amide bonds. The first-order chi connectivity index (χ1) is 11.3. The zero-order chi connectivity index (χ0) is 16.3. The Kier molecular flexibility index (Phi) is 8.79. The van der Waals surface area contributed by atoms with E-state index in [9.17, 15) is 4.79 Å². The lowest BCUT2D eigenvalue weighted by Crippen LogP contribution is -2.38. The molecule has 128 valence electrons. The maximum Gasteiger partial charge on any atom is 0.319 e. The van der Waals surface area contributed by atoms with Crippen molar-refractivity contribution in [2.45, 2.75) is 76.7 Å². The molecule has 23 heavy (non-hydrogen) atoms. The summed E-state index contributed by atoms with van der Waals surface area (Å²) in [6, 6.07) is 8.14. The summed E-state index contributed by atoms with van der Waals surface area (Å²) in [5, 5.41) is 6.18. The average molecular weight is 428 g/mol. The van der Waals surface area contributed by atoms with Crippen LogP contribution in [0.15, 0.2) is 24.3 Å². The fraction of sp³-hybridized carbons (Fsp3) is 0.632. The summed E-state index contributed by atoms with van der Waals surface area (Å²) in [7, 11) is 0. The molecule has 1 aliphatic carbocycles. The van der Waals surface area contributed by atoms with Gasteiger partial charge in [-0.2, -0.15) is 0 Å². The first-order valence-electron chi connectivity index (χ1n) is 9.08. The molecule has 0 aliphatic heterocycles. The van der Waals surface area contributed by atoms with Crippen LogP contribution in [0.5, 0.6) is 0 Å². The van der Waals surface area contributed by atoms with Crippen molar-refractivity contribution in [2.24, 2.45) is 0 Å². The Labute approximate surface area is 154 Å². The number of urea groups is 1. The summed E-state index contributed by atoms with van der Waals surface area (Å²) >= 11 is 2.25. The number of hydrogen-bond acceptors (Lipinski definition) is 1. The Hall–Kier alpha value is -0.780. The molecule has 0 heterocycles. The zero-order valence-corrected chi connectivity index (χ0v) is 16.1. The summed E-state index contributed by atoms with van der Waals surface area (Å²) < 4.78 is 1.07. The van der Waals surface area contributed by atoms with Crippen molar-refractivity contribution in [2.75, 3.05) is 5.32 Å². The lowest BCUT2D eigenvalue weighted by molar-refractivity contribution is 0.246. The number of anilines is 1. The SMILES string of the molecule is O=C(Nc1ccccc1I)NC1CCCCCCCCCCC1. The Morgan fingerprint density at radius 3 is 1.96 bits per heavy atom. The molecule has 1 saturated carbocycles. The molecule has 0 radical (unpaired) electrons. The van der Waals surface area contributed by atoms with Gasteiger partial charge in [0.25, 0.3) is 0 Å². The van der Waals surface area contributed by atoms with Crippen molar-refractivity contribution in [3.63, 3.8) is 0 Å². The van der Waals surface area contributed by atoms with Gasteiger partial charge in [-0.3, -0.25) is 0 Å². The quantitative estimate of drug-likeness (QED) is 0.551. The molecule has 0 atom stereocenters. The number of nitrogens with one attached hydrogen (secondary N) is 2. The van der Waals surface area contributed by atoms with Gasteiger partial charge in [0.05, 0.1) is 5.69 Å². The first kappa shape index (κ1) is 18.6. The highest BCUT2D eigenvalue weighted by Gasteiger charge is 2.13. The van der Waals surface area contributed by atoms with Gasteiger partial charge in [0.1, 0.15) is 0 Å². The Morgan fingerprint density at radius 1 is 0.870 bits per heavy atom. The van der Waals surface area contributed by atoms with E-state index >= 15 is 0 Å². The molecule has 2 N–H and O–H groups in total. The fourth-order valence-electron chi connectivity index (χ4n) is 3.21. The molecule has 3 nitrogen and oxygen atoms in total. The second kappa shape index (κ2) is 10.9. The predicted octanol–water partition coefficient (Wildman–Crippen LogP) is 6.09. The minimum absolute atomic E-state index is 0.0637. The zero-order valence-electron chi connectivity index (χ0n) is 14.0. The van der Waals surface area contributed by atoms with Gasteiger partial charge in [0.2, 0.25) is 0 Å². The number of carbonyl (C=O) groups is 1. The highest BCUT2D eigenvalue weighted by Crippen LogP contribution is 2.19. The van der Waals surface area contributed by atoms with Crippen molar-refractivity contribution in [1.82, 2.24) is 5.32 Å². The van der Waals surface area contributed by atoms with Gasteiger partial charge in [0, 0.05) is 9.61 Å². The van der Waals surface area contributed by atoms with Gasteiger partial charge in [-0.25, -0.2) is 4.79 Å². The smallest absolute Gasteiger partial charge is 0.319 e. The second-order valence-electron chi connectivity index (χ2n) is 6.53. The van der Waals surface area contributed by atoms with Gasteiger partial charge in [0.15, 0.2) is 0 Å². The van der Waals surface area contributed by atoms with E-state index < -0.39 is 0 Å². The van der Waals surface area contributed by atoms with Gasteiger partial charge in [-0.05, 0) is 47.6 Å². The predicted molar refractivity (Wildman–Crippen MR) is 106 cm³/mol. The van der Waals surface area contributed by atoms with Crippen LogP contribution in [0.3, 0.4) is 0 Å². The van der Waals surface area contributed by atoms with Crippen LogP contribution >= 0.6 is 22.6 Å². The molecule has 1 aromatic carbocycles. The van der Waals surface area contributed by atoms with E-state index in [1.54, 1.807) is 0 Å². The summed E-state index contributed by atoms with van der Waals surface area (Å²) in [5.41, 5.74) is 0.888. The topological polar surface area (TPSA) is 41.1 Å². The molecule has 1 aliphatic rings. The Bertz CT molecular complexity index is 466. The van der Waals surface area contributed by atoms with Crippen molar-refractivity contribution >= 4 is 34.3 Å². The van der Waals surface area contributed by atoms with Crippen LogP contribution in [0.4, 0.5) is 10.5 Å². The number of benzene rings is 1. The molecule has 0 unspecified atom stereocenters. The third-order valence-corrected chi connectivity index (χ3v) is 5.50. The highest BCUT2D eigenvalue weighted by atomic mass is 127. The molecule has 1 fully saturated rings. The number of carbonyl (C=O) groups excluding carboxylic acids is 1. The van der Waals surface area contributed by atoms with E-state index in [2.05, 4.69) is 33.2 Å². The van der Waals surface area contributed by atoms with Crippen molar-refractivity contribution in [3.8, 4) is 0 Å². The lowest BCUT2D eigenvalue weighted by Gasteiger charge is -2.20. The van der Waals surface area contributed by atoms with Gasteiger partial charge in [-0.1, -0.05) is 69.9 Å². The van der Waals surface area contributed by atoms with E-state index in [1.807, 2.05) is 24.3 Å². The van der Waals surface area contributed by atoms with E-state index in [4.69, 9.17) is 0 Å². The minimum atomic E-state index is -0.0637. The van der Waals surface area contributed by atoms with Gasteiger partial charge < -0.3 is 10.6 Å². The van der Waals surface area contributed by atoms with Crippen molar-refractivity contribution in [1.29, 1.82) is 0 Å². The van der Waals surface area contributed by atoms with Crippen LogP contribution in [0.25, 0.3) is 0 Å². The molecule has 0 spiro atoms. The summed E-state index contributed by atoms with van der Waals surface area (Å²) in [6.07, 6.45) is 14.1. The number of halogens is 1. The molecular weight excluding hydrogens is 399 g/mol. The monoisotopic (exact) mass is 428 g/mol. The molecule has 0 aromatic heterocycles. The third kappa shape index (κ3) is 7.55. The third-order valence-electron chi connectivity index (χ3n) is 4.56. The fourth-order valence-corrected chi connectivity index (χ4v) is 3.74. The maximum atomic E-state index is 12.3. The summed E-state index contributed by atoms with van der Waals surface area (Å²) in [4.78, 5) is 12.3. The van der Waals surface area contributed by atoms with Crippen LogP contribution < -0.4 is 10.6 Å². The highest BCUT2D eigenvalue weighted by molar-refractivity contribution is 14.1. The normalized spacial score (nSPS) is 18.5. The Morgan fingerprint density at radius 2 is 1.39 bits per heavy atom. The van der Waals surface area contributed by atoms with Crippen molar-refractivity contribution < 1.29 is 4.79 Å². The molecule has 4 heteroatoms. The maximum absolute atomic E-state index is 12.3. The van der Waals surface area contributed by atoms with Gasteiger partial charge in [-0.15, -0.1) is 0 Å². The molecule has 0 saturated heterocycles. The average Bonchev–Trinajstić information content (AvgIpc) is 2.52. The van der Waals surface area contributed by atoms with Crippen LogP contribution in [-0.4, -0.2) is 12.1 Å². The molecule has 0 bridgehead atoms. The lowest BCUT2D eigenvalue weighted by atomic mass is 9.98. The van der Waals surface area contributed by atoms with E-state index in [0.29, 0.717) is 6.04 Å². The summed E-state index contributed by atoms with van der Waals surface area (Å²) in [5.74, 6) is 0. The van der Waals surface area contributed by atoms with Crippen LogP contribution in [0, 0.1) is 3.57 Å². The number of amides is 2. The molecular formula is C19H29IN2O. The number of hydrogen-bond donors (Lipinski definition) is 2. The van der Waals surface area contributed by atoms with Crippen LogP contribution in [-0.2, 0) is 0 Å². The first-order valence-corrected chi connectivity index (χ1v) is 10.2. The van der Waals surface area contributed by atoms with Crippen molar-refractivity contribution in [3.05, 3.63) is 27.8 Å². The van der Waals surface area contributed by atoms with Gasteiger partial charge >= 0.3 is 6.03 Å². The number of para-hydroxylation sites is 1. The number of rotatable bonds is 2. The standard InChI is InChI=1S/C19H29IN2O/c20-17-14-10-11-15-18(17)22-19(23)21-16-12-8-6-4-2-1-3-5-7-9-13-16/h10-11,14-16H,1-9,12-13H2,(H2,21,22,23).